The molecule has 138 valence electrons. The van der Waals surface area contributed by atoms with E-state index in [-0.39, 0.29) is 35.9 Å². The summed E-state index contributed by atoms with van der Waals surface area (Å²) in [5, 5.41) is 7.77. The maximum absolute atomic E-state index is 13.3. The number of benzene rings is 2. The van der Waals surface area contributed by atoms with E-state index in [1.54, 1.807) is 6.07 Å². The topological polar surface area (TPSA) is 108 Å². The smallest absolute Gasteiger partial charge is 0.258 e. The predicted molar refractivity (Wildman–Crippen MR) is 90.8 cm³/mol. The number of nitrogens with two attached hydrogens (primary N) is 1. The summed E-state index contributed by atoms with van der Waals surface area (Å²) in [4.78, 5) is 12.0. The molecule has 0 saturated carbocycles. The van der Waals surface area contributed by atoms with Crippen molar-refractivity contribution in [1.29, 1.82) is 0 Å². The van der Waals surface area contributed by atoms with E-state index < -0.39 is 10.0 Å². The average molecular weight is 380 g/mol. The third-order valence-corrected chi connectivity index (χ3v) is 4.75. The normalized spacial score (nSPS) is 16.3. The summed E-state index contributed by atoms with van der Waals surface area (Å²) in [5.74, 6) is 0.225. The molecule has 1 atom stereocenters. The largest absolute Gasteiger partial charge is 0.491 e. The highest BCUT2D eigenvalue weighted by Gasteiger charge is 2.22. The van der Waals surface area contributed by atoms with Gasteiger partial charge in [-0.15, -0.1) is 0 Å². The first-order valence-electron chi connectivity index (χ1n) is 7.77. The number of carbonyl (C=O) groups excluding carboxylic acids is 1. The second-order valence-corrected chi connectivity index (χ2v) is 7.40. The first-order valence-corrected chi connectivity index (χ1v) is 9.32. The Bertz CT molecular complexity index is 915. The first kappa shape index (κ1) is 18.2. The number of hydrogen-bond donors (Lipinski definition) is 2. The van der Waals surface area contributed by atoms with Crippen LogP contribution in [0.5, 0.6) is 11.5 Å². The van der Waals surface area contributed by atoms with Crippen molar-refractivity contribution in [3.05, 3.63) is 53.8 Å². The minimum absolute atomic E-state index is 0.0421. The van der Waals surface area contributed by atoms with Crippen molar-refractivity contribution in [3.8, 4) is 11.5 Å². The number of sulfonamides is 1. The molecule has 1 amide bonds. The van der Waals surface area contributed by atoms with Crippen LogP contribution in [0.2, 0.25) is 0 Å². The molecular weight excluding hydrogens is 363 g/mol. The van der Waals surface area contributed by atoms with Crippen LogP contribution in [-0.2, 0) is 21.2 Å². The lowest BCUT2D eigenvalue weighted by Gasteiger charge is -2.26. The third kappa shape index (κ3) is 4.50. The summed E-state index contributed by atoms with van der Waals surface area (Å²) < 4.78 is 46.5. The van der Waals surface area contributed by atoms with E-state index >= 15 is 0 Å². The summed E-state index contributed by atoms with van der Waals surface area (Å²) in [5.41, 5.74) is 0.695. The number of fused-ring (bicyclic) bond motifs is 1. The lowest BCUT2D eigenvalue weighted by molar-refractivity contribution is -0.124. The summed E-state index contributed by atoms with van der Waals surface area (Å²) in [6.07, 6.45) is 0.460. The zero-order valence-corrected chi connectivity index (χ0v) is 14.5. The van der Waals surface area contributed by atoms with Gasteiger partial charge in [0.15, 0.2) is 6.61 Å². The molecule has 0 aliphatic carbocycles. The molecule has 3 N–H and O–H groups in total. The first-order chi connectivity index (χ1) is 12.3. The highest BCUT2D eigenvalue weighted by atomic mass is 32.2. The van der Waals surface area contributed by atoms with Crippen LogP contribution in [0.1, 0.15) is 5.56 Å². The minimum atomic E-state index is -3.77. The summed E-state index contributed by atoms with van der Waals surface area (Å²) >= 11 is 0. The molecule has 1 aliphatic rings. The monoisotopic (exact) mass is 380 g/mol. The minimum Gasteiger partial charge on any atom is -0.491 e. The van der Waals surface area contributed by atoms with E-state index in [9.17, 15) is 17.6 Å². The molecule has 0 spiro atoms. The maximum atomic E-state index is 13.3. The summed E-state index contributed by atoms with van der Waals surface area (Å²) in [6, 6.07) is 9.41. The number of amides is 1. The molecular formula is C17H17FN2O5S. The predicted octanol–water partition coefficient (Wildman–Crippen LogP) is 0.972. The van der Waals surface area contributed by atoms with Crippen molar-refractivity contribution in [2.45, 2.75) is 17.4 Å². The molecule has 0 aromatic heterocycles. The van der Waals surface area contributed by atoms with Gasteiger partial charge in [-0.05, 0) is 54.4 Å². The summed E-state index contributed by atoms with van der Waals surface area (Å²) in [7, 11) is -3.77. The fourth-order valence-corrected chi connectivity index (χ4v) is 3.12. The van der Waals surface area contributed by atoms with E-state index in [4.69, 9.17) is 14.6 Å². The van der Waals surface area contributed by atoms with Crippen LogP contribution in [0.15, 0.2) is 47.4 Å². The van der Waals surface area contributed by atoms with Gasteiger partial charge in [0.2, 0.25) is 10.0 Å². The molecule has 7 nitrogen and oxygen atoms in total. The SMILES string of the molecule is NS(=O)(=O)c1ccc(OCC(=O)NC2COc3ccc(F)cc3C2)cc1. The van der Waals surface area contributed by atoms with Crippen LogP contribution in [0.3, 0.4) is 0 Å². The average Bonchev–Trinajstić information content (AvgIpc) is 2.59. The Morgan fingerprint density at radius 1 is 1.27 bits per heavy atom. The van der Waals surface area contributed by atoms with E-state index in [2.05, 4.69) is 5.32 Å². The molecule has 2 aromatic rings. The molecule has 26 heavy (non-hydrogen) atoms. The fourth-order valence-electron chi connectivity index (χ4n) is 2.60. The zero-order chi connectivity index (χ0) is 18.7. The van der Waals surface area contributed by atoms with E-state index in [1.807, 2.05) is 0 Å². The van der Waals surface area contributed by atoms with Crippen LogP contribution < -0.4 is 19.9 Å². The van der Waals surface area contributed by atoms with Crippen molar-refractivity contribution in [3.63, 3.8) is 0 Å². The van der Waals surface area contributed by atoms with Crippen LogP contribution in [-0.4, -0.2) is 33.6 Å². The van der Waals surface area contributed by atoms with Crippen LogP contribution in [0.4, 0.5) is 4.39 Å². The molecule has 2 aromatic carbocycles. The van der Waals surface area contributed by atoms with E-state index in [0.717, 1.165) is 0 Å². The molecule has 1 unspecified atom stereocenters. The van der Waals surface area contributed by atoms with Crippen molar-refractivity contribution in [2.75, 3.05) is 13.2 Å². The maximum Gasteiger partial charge on any atom is 0.258 e. The van der Waals surface area contributed by atoms with Gasteiger partial charge < -0.3 is 14.8 Å². The van der Waals surface area contributed by atoms with Gasteiger partial charge in [0.25, 0.3) is 5.91 Å². The highest BCUT2D eigenvalue weighted by Crippen LogP contribution is 2.25. The van der Waals surface area contributed by atoms with E-state index in [1.165, 1.54) is 36.4 Å². The van der Waals surface area contributed by atoms with Gasteiger partial charge in [-0.1, -0.05) is 0 Å². The van der Waals surface area contributed by atoms with Gasteiger partial charge in [0.05, 0.1) is 10.9 Å². The van der Waals surface area contributed by atoms with Gasteiger partial charge in [0.1, 0.15) is 23.9 Å². The standard InChI is InChI=1S/C17H17FN2O5S/c18-12-1-6-16-11(7-12)8-13(9-25-16)20-17(21)10-24-14-2-4-15(5-3-14)26(19,22)23/h1-7,13H,8-10H2,(H,20,21)(H2,19,22,23). The lowest BCUT2D eigenvalue weighted by atomic mass is 10.0. The van der Waals surface area contributed by atoms with Gasteiger partial charge in [-0.25, -0.2) is 17.9 Å². The van der Waals surface area contributed by atoms with Gasteiger partial charge >= 0.3 is 0 Å². The molecule has 0 radical (unpaired) electrons. The Morgan fingerprint density at radius 3 is 2.69 bits per heavy atom. The molecule has 0 saturated heterocycles. The van der Waals surface area contributed by atoms with Crippen LogP contribution >= 0.6 is 0 Å². The quantitative estimate of drug-likeness (QED) is 0.804. The number of halogens is 1. The molecule has 3 rings (SSSR count). The van der Waals surface area contributed by atoms with Crippen LogP contribution in [0, 0.1) is 5.82 Å². The Labute approximate surface area is 150 Å². The Morgan fingerprint density at radius 2 is 2.00 bits per heavy atom. The fraction of sp³-hybridized carbons (Fsp3) is 0.235. The van der Waals surface area contributed by atoms with Crippen molar-refractivity contribution >= 4 is 15.9 Å². The van der Waals surface area contributed by atoms with Crippen molar-refractivity contribution in [2.24, 2.45) is 5.14 Å². The Hall–Kier alpha value is -2.65. The number of ether oxygens (including phenoxy) is 2. The van der Waals surface area contributed by atoms with Crippen LogP contribution in [0.25, 0.3) is 0 Å². The Balaban J connectivity index is 1.52. The number of primary sulfonamides is 1. The number of hydrogen-bond acceptors (Lipinski definition) is 5. The lowest BCUT2D eigenvalue weighted by Crippen LogP contribution is -2.44. The molecule has 0 bridgehead atoms. The molecule has 1 aliphatic heterocycles. The Kier molecular flexibility index (Phi) is 5.10. The second-order valence-electron chi connectivity index (χ2n) is 5.84. The second kappa shape index (κ2) is 7.30. The van der Waals surface area contributed by atoms with Crippen molar-refractivity contribution in [1.82, 2.24) is 5.32 Å². The van der Waals surface area contributed by atoms with Gasteiger partial charge in [-0.3, -0.25) is 4.79 Å². The van der Waals surface area contributed by atoms with E-state index in [0.29, 0.717) is 23.5 Å². The van der Waals surface area contributed by atoms with Crippen molar-refractivity contribution < 1.29 is 27.1 Å². The zero-order valence-electron chi connectivity index (χ0n) is 13.6. The number of rotatable bonds is 5. The van der Waals surface area contributed by atoms with Gasteiger partial charge in [-0.2, -0.15) is 0 Å². The molecule has 0 fully saturated rings. The summed E-state index contributed by atoms with van der Waals surface area (Å²) in [6.45, 7) is 0.0364. The third-order valence-electron chi connectivity index (χ3n) is 3.82. The van der Waals surface area contributed by atoms with Gasteiger partial charge in [0, 0.05) is 0 Å². The molecule has 9 heteroatoms. The number of nitrogens with one attached hydrogen (secondary N) is 1. The highest BCUT2D eigenvalue weighted by molar-refractivity contribution is 7.89. The number of carbonyl (C=O) groups is 1. The molecule has 1 heterocycles.